The summed E-state index contributed by atoms with van der Waals surface area (Å²) in [5, 5.41) is 0. The molecule has 1 nitrogen and oxygen atoms in total. The molecule has 0 bridgehead atoms. The van der Waals surface area contributed by atoms with E-state index in [1.54, 1.807) is 0 Å². The standard InChI is InChI=1S/C10H18O/c1-4-7-10(8-5-2)11-9-6-3/h4-5,10H,1-2,6-9H2,3H3. The molecular weight excluding hydrogens is 136 g/mol. The van der Waals surface area contributed by atoms with Crippen LogP contribution in [0.15, 0.2) is 25.3 Å². The molecule has 0 heterocycles. The average Bonchev–Trinajstić information content (AvgIpc) is 2.01. The van der Waals surface area contributed by atoms with Crippen LogP contribution in [0, 0.1) is 0 Å². The molecule has 0 unspecified atom stereocenters. The summed E-state index contributed by atoms with van der Waals surface area (Å²) in [4.78, 5) is 0. The summed E-state index contributed by atoms with van der Waals surface area (Å²) in [5.74, 6) is 0. The van der Waals surface area contributed by atoms with Crippen LogP contribution in [0.5, 0.6) is 0 Å². The topological polar surface area (TPSA) is 9.23 Å². The van der Waals surface area contributed by atoms with Crippen molar-refractivity contribution in [2.45, 2.75) is 32.3 Å². The molecule has 0 aromatic carbocycles. The van der Waals surface area contributed by atoms with Gasteiger partial charge in [0, 0.05) is 6.61 Å². The Hall–Kier alpha value is -0.560. The minimum absolute atomic E-state index is 0.296. The first-order valence-electron chi connectivity index (χ1n) is 4.18. The van der Waals surface area contributed by atoms with Crippen LogP contribution in [0.25, 0.3) is 0 Å². The molecule has 0 spiro atoms. The van der Waals surface area contributed by atoms with Gasteiger partial charge in [-0.25, -0.2) is 0 Å². The van der Waals surface area contributed by atoms with Crippen LogP contribution < -0.4 is 0 Å². The van der Waals surface area contributed by atoms with Crippen LogP contribution in [0.2, 0.25) is 0 Å². The minimum atomic E-state index is 0.296. The van der Waals surface area contributed by atoms with E-state index in [1.807, 2.05) is 12.2 Å². The Morgan fingerprint density at radius 1 is 1.27 bits per heavy atom. The van der Waals surface area contributed by atoms with Gasteiger partial charge in [0.1, 0.15) is 0 Å². The van der Waals surface area contributed by atoms with Gasteiger partial charge in [-0.2, -0.15) is 0 Å². The SMILES string of the molecule is C=CCC(CC=C)OCCC. The Kier molecular flexibility index (Phi) is 7.16. The predicted octanol–water partition coefficient (Wildman–Crippen LogP) is 2.93. The lowest BCUT2D eigenvalue weighted by Crippen LogP contribution is -2.11. The van der Waals surface area contributed by atoms with E-state index >= 15 is 0 Å². The van der Waals surface area contributed by atoms with Gasteiger partial charge < -0.3 is 4.74 Å². The lowest BCUT2D eigenvalue weighted by molar-refractivity contribution is 0.0580. The zero-order valence-corrected chi connectivity index (χ0v) is 7.38. The van der Waals surface area contributed by atoms with Crippen LogP contribution in [0.4, 0.5) is 0 Å². The van der Waals surface area contributed by atoms with Crippen molar-refractivity contribution in [1.82, 2.24) is 0 Å². The van der Waals surface area contributed by atoms with Crippen LogP contribution in [0.1, 0.15) is 26.2 Å². The fourth-order valence-corrected chi connectivity index (χ4v) is 0.889. The van der Waals surface area contributed by atoms with E-state index in [9.17, 15) is 0 Å². The Labute approximate surface area is 69.8 Å². The summed E-state index contributed by atoms with van der Waals surface area (Å²) in [6, 6.07) is 0. The molecule has 0 saturated carbocycles. The molecule has 0 radical (unpaired) electrons. The highest BCUT2D eigenvalue weighted by Gasteiger charge is 2.02. The van der Waals surface area contributed by atoms with E-state index in [0.717, 1.165) is 25.9 Å². The van der Waals surface area contributed by atoms with Gasteiger partial charge in [0.05, 0.1) is 6.10 Å². The monoisotopic (exact) mass is 154 g/mol. The van der Waals surface area contributed by atoms with E-state index in [1.165, 1.54) is 0 Å². The Balaban J connectivity index is 3.49. The van der Waals surface area contributed by atoms with Crippen molar-refractivity contribution in [1.29, 1.82) is 0 Å². The molecule has 0 aliphatic carbocycles. The molecule has 11 heavy (non-hydrogen) atoms. The maximum Gasteiger partial charge on any atom is 0.0643 e. The van der Waals surface area contributed by atoms with Gasteiger partial charge in [0.25, 0.3) is 0 Å². The van der Waals surface area contributed by atoms with Crippen LogP contribution in [-0.2, 0) is 4.74 Å². The fraction of sp³-hybridized carbons (Fsp3) is 0.600. The van der Waals surface area contributed by atoms with Gasteiger partial charge in [-0.1, -0.05) is 19.1 Å². The number of hydrogen-bond donors (Lipinski definition) is 0. The van der Waals surface area contributed by atoms with E-state index in [4.69, 9.17) is 4.74 Å². The number of hydrogen-bond acceptors (Lipinski definition) is 1. The fourth-order valence-electron chi connectivity index (χ4n) is 0.889. The molecule has 0 fully saturated rings. The Morgan fingerprint density at radius 3 is 2.18 bits per heavy atom. The maximum absolute atomic E-state index is 5.53. The smallest absolute Gasteiger partial charge is 0.0643 e. The molecule has 0 aromatic rings. The minimum Gasteiger partial charge on any atom is -0.378 e. The van der Waals surface area contributed by atoms with E-state index in [2.05, 4.69) is 20.1 Å². The quantitative estimate of drug-likeness (QED) is 0.512. The molecule has 64 valence electrons. The summed E-state index contributed by atoms with van der Waals surface area (Å²) >= 11 is 0. The lowest BCUT2D eigenvalue weighted by Gasteiger charge is -2.12. The summed E-state index contributed by atoms with van der Waals surface area (Å²) in [5.41, 5.74) is 0. The Morgan fingerprint density at radius 2 is 1.82 bits per heavy atom. The summed E-state index contributed by atoms with van der Waals surface area (Å²) in [7, 11) is 0. The van der Waals surface area contributed by atoms with Crippen molar-refractivity contribution in [2.24, 2.45) is 0 Å². The Bertz CT molecular complexity index is 97.4. The molecule has 0 N–H and O–H groups in total. The van der Waals surface area contributed by atoms with Gasteiger partial charge in [0.2, 0.25) is 0 Å². The van der Waals surface area contributed by atoms with Crippen molar-refractivity contribution in [3.05, 3.63) is 25.3 Å². The molecule has 0 saturated heterocycles. The molecule has 0 rings (SSSR count). The normalized spacial score (nSPS) is 10.0. The van der Waals surface area contributed by atoms with E-state index in [-0.39, 0.29) is 0 Å². The summed E-state index contributed by atoms with van der Waals surface area (Å²) in [6.45, 7) is 10.3. The van der Waals surface area contributed by atoms with Gasteiger partial charge in [-0.3, -0.25) is 0 Å². The molecule has 0 atom stereocenters. The second-order valence-electron chi connectivity index (χ2n) is 2.54. The van der Waals surface area contributed by atoms with Gasteiger partial charge in [-0.05, 0) is 19.3 Å². The highest BCUT2D eigenvalue weighted by molar-refractivity contribution is 4.79. The van der Waals surface area contributed by atoms with Crippen LogP contribution >= 0.6 is 0 Å². The first kappa shape index (κ1) is 10.4. The number of ether oxygens (including phenoxy) is 1. The molecule has 0 aliphatic heterocycles. The number of rotatable bonds is 7. The van der Waals surface area contributed by atoms with E-state index < -0.39 is 0 Å². The largest absolute Gasteiger partial charge is 0.378 e. The first-order chi connectivity index (χ1) is 5.35. The third-order valence-electron chi connectivity index (χ3n) is 1.42. The lowest BCUT2D eigenvalue weighted by atomic mass is 10.2. The highest BCUT2D eigenvalue weighted by atomic mass is 16.5. The molecule has 0 aromatic heterocycles. The first-order valence-corrected chi connectivity index (χ1v) is 4.18. The van der Waals surface area contributed by atoms with E-state index in [0.29, 0.717) is 6.10 Å². The van der Waals surface area contributed by atoms with Crippen LogP contribution in [-0.4, -0.2) is 12.7 Å². The van der Waals surface area contributed by atoms with Crippen molar-refractivity contribution < 1.29 is 4.74 Å². The van der Waals surface area contributed by atoms with Crippen molar-refractivity contribution in [3.63, 3.8) is 0 Å². The highest BCUT2D eigenvalue weighted by Crippen LogP contribution is 2.05. The van der Waals surface area contributed by atoms with Gasteiger partial charge in [0.15, 0.2) is 0 Å². The summed E-state index contributed by atoms with van der Waals surface area (Å²) in [6.07, 6.45) is 7.00. The van der Waals surface area contributed by atoms with Crippen molar-refractivity contribution in [3.8, 4) is 0 Å². The van der Waals surface area contributed by atoms with Crippen molar-refractivity contribution in [2.75, 3.05) is 6.61 Å². The third kappa shape index (κ3) is 5.86. The predicted molar refractivity (Wildman–Crippen MR) is 49.7 cm³/mol. The second-order valence-corrected chi connectivity index (χ2v) is 2.54. The molecule has 0 amide bonds. The summed E-state index contributed by atoms with van der Waals surface area (Å²) < 4.78 is 5.53. The molecule has 1 heteroatoms. The molecular formula is C10H18O. The van der Waals surface area contributed by atoms with Crippen molar-refractivity contribution >= 4 is 0 Å². The third-order valence-corrected chi connectivity index (χ3v) is 1.42. The second kappa shape index (κ2) is 7.55. The van der Waals surface area contributed by atoms with Gasteiger partial charge in [-0.15, -0.1) is 13.2 Å². The zero-order chi connectivity index (χ0) is 8.53. The average molecular weight is 154 g/mol. The van der Waals surface area contributed by atoms with Crippen LogP contribution in [0.3, 0.4) is 0 Å². The maximum atomic E-state index is 5.53. The zero-order valence-electron chi connectivity index (χ0n) is 7.38. The van der Waals surface area contributed by atoms with Gasteiger partial charge >= 0.3 is 0 Å². The molecule has 0 aliphatic rings.